The molecular weight excluding hydrogens is 428 g/mol. The van der Waals surface area contributed by atoms with E-state index in [-0.39, 0.29) is 17.2 Å². The molecule has 0 spiro atoms. The Morgan fingerprint density at radius 3 is 2.89 bits per heavy atom. The van der Waals surface area contributed by atoms with Crippen molar-refractivity contribution in [3.05, 3.63) is 62.9 Å². The first-order valence-corrected chi connectivity index (χ1v) is 9.92. The van der Waals surface area contributed by atoms with Gasteiger partial charge in [-0.25, -0.2) is 4.98 Å². The first-order valence-electron chi connectivity index (χ1n) is 8.14. The number of carbonyl (C=O) groups is 1. The summed E-state index contributed by atoms with van der Waals surface area (Å²) in [5.74, 6) is -0.131. The lowest BCUT2D eigenvalue weighted by Crippen LogP contribution is -2.23. The molecule has 0 saturated heterocycles. The number of amides is 1. The molecule has 0 aliphatic rings. The fraction of sp³-hybridized carbons (Fsp3) is 0.158. The Labute approximate surface area is 168 Å². The lowest BCUT2D eigenvalue weighted by Gasteiger charge is -2.11. The third-order valence-electron chi connectivity index (χ3n) is 3.81. The number of thioether (sulfide) groups is 1. The minimum Gasteiger partial charge on any atom is -0.325 e. The van der Waals surface area contributed by atoms with Gasteiger partial charge in [0.1, 0.15) is 0 Å². The molecule has 0 unspecified atom stereocenters. The van der Waals surface area contributed by atoms with Crippen LogP contribution in [0.3, 0.4) is 0 Å². The zero-order valence-corrected chi connectivity index (χ0v) is 16.8. The van der Waals surface area contributed by atoms with Crippen LogP contribution in [0.2, 0.25) is 0 Å². The van der Waals surface area contributed by atoms with Crippen molar-refractivity contribution in [3.63, 3.8) is 0 Å². The number of fused-ring (bicyclic) bond motifs is 1. The molecule has 0 radical (unpaired) electrons. The number of anilines is 1. The second kappa shape index (κ2) is 8.37. The van der Waals surface area contributed by atoms with Crippen LogP contribution in [0.5, 0.6) is 0 Å². The van der Waals surface area contributed by atoms with Crippen LogP contribution in [0.15, 0.2) is 56.9 Å². The van der Waals surface area contributed by atoms with Crippen LogP contribution >= 0.6 is 27.7 Å². The number of aromatic nitrogens is 2. The highest BCUT2D eigenvalue weighted by molar-refractivity contribution is 9.10. The van der Waals surface area contributed by atoms with Gasteiger partial charge in [0.25, 0.3) is 5.56 Å². The molecule has 0 bridgehead atoms. The zero-order chi connectivity index (χ0) is 19.4. The quantitative estimate of drug-likeness (QED) is 0.479. The Kier molecular flexibility index (Phi) is 5.94. The van der Waals surface area contributed by atoms with Gasteiger partial charge in [-0.3, -0.25) is 14.2 Å². The zero-order valence-electron chi connectivity index (χ0n) is 14.4. The third kappa shape index (κ3) is 4.38. The summed E-state index contributed by atoms with van der Waals surface area (Å²) < 4.78 is 2.37. The molecular formula is C19H15BrN4O2S. The SMILES string of the molecule is CCn1c(SCC(=O)Nc2cccc(C#N)c2)nc2ccc(Br)cc2c1=O. The van der Waals surface area contributed by atoms with E-state index in [0.29, 0.717) is 33.9 Å². The van der Waals surface area contributed by atoms with E-state index in [1.807, 2.05) is 19.1 Å². The van der Waals surface area contributed by atoms with Crippen molar-refractivity contribution < 1.29 is 4.79 Å². The molecule has 6 nitrogen and oxygen atoms in total. The average molecular weight is 443 g/mol. The van der Waals surface area contributed by atoms with Gasteiger partial charge < -0.3 is 5.32 Å². The van der Waals surface area contributed by atoms with Crippen molar-refractivity contribution in [1.29, 1.82) is 5.26 Å². The Balaban J connectivity index is 1.80. The fourth-order valence-electron chi connectivity index (χ4n) is 2.56. The highest BCUT2D eigenvalue weighted by Gasteiger charge is 2.13. The summed E-state index contributed by atoms with van der Waals surface area (Å²) in [4.78, 5) is 29.5. The van der Waals surface area contributed by atoms with Gasteiger partial charge >= 0.3 is 0 Å². The minimum absolute atomic E-state index is 0.102. The maximum absolute atomic E-state index is 12.7. The largest absolute Gasteiger partial charge is 0.325 e. The van der Waals surface area contributed by atoms with E-state index in [9.17, 15) is 9.59 Å². The van der Waals surface area contributed by atoms with E-state index in [0.717, 1.165) is 4.47 Å². The Hall–Kier alpha value is -2.63. The molecule has 27 heavy (non-hydrogen) atoms. The van der Waals surface area contributed by atoms with Gasteiger partial charge in [-0.2, -0.15) is 5.26 Å². The van der Waals surface area contributed by atoms with Crippen LogP contribution in [-0.2, 0) is 11.3 Å². The van der Waals surface area contributed by atoms with E-state index in [1.165, 1.54) is 11.8 Å². The number of hydrogen-bond donors (Lipinski definition) is 1. The van der Waals surface area contributed by atoms with Gasteiger partial charge in [0.2, 0.25) is 5.91 Å². The van der Waals surface area contributed by atoms with Crippen molar-refractivity contribution in [2.75, 3.05) is 11.1 Å². The molecule has 1 heterocycles. The minimum atomic E-state index is -0.233. The summed E-state index contributed by atoms with van der Waals surface area (Å²) in [7, 11) is 0. The Morgan fingerprint density at radius 2 is 2.15 bits per heavy atom. The van der Waals surface area contributed by atoms with Crippen LogP contribution < -0.4 is 10.9 Å². The van der Waals surface area contributed by atoms with Crippen LogP contribution in [0.4, 0.5) is 5.69 Å². The van der Waals surface area contributed by atoms with E-state index in [4.69, 9.17) is 5.26 Å². The number of nitrogens with zero attached hydrogens (tertiary/aromatic N) is 3. The van der Waals surface area contributed by atoms with Gasteiger partial charge in [0.15, 0.2) is 5.16 Å². The first-order chi connectivity index (χ1) is 13.0. The predicted molar refractivity (Wildman–Crippen MR) is 110 cm³/mol. The van der Waals surface area contributed by atoms with Gasteiger partial charge in [0.05, 0.1) is 28.3 Å². The van der Waals surface area contributed by atoms with E-state index in [1.54, 1.807) is 41.0 Å². The van der Waals surface area contributed by atoms with Crippen molar-refractivity contribution in [1.82, 2.24) is 9.55 Å². The van der Waals surface area contributed by atoms with Crippen LogP contribution in [0.1, 0.15) is 12.5 Å². The molecule has 3 aromatic rings. The summed E-state index contributed by atoms with van der Waals surface area (Å²) >= 11 is 4.57. The van der Waals surface area contributed by atoms with Crippen molar-refractivity contribution in [2.24, 2.45) is 0 Å². The molecule has 136 valence electrons. The molecule has 0 saturated carbocycles. The summed E-state index contributed by atoms with van der Waals surface area (Å²) in [5, 5.41) is 12.7. The number of hydrogen-bond acceptors (Lipinski definition) is 5. The Morgan fingerprint density at radius 1 is 1.33 bits per heavy atom. The van der Waals surface area contributed by atoms with Gasteiger partial charge in [-0.1, -0.05) is 33.8 Å². The molecule has 2 aromatic carbocycles. The first kappa shape index (κ1) is 19.1. The number of benzene rings is 2. The molecule has 0 fully saturated rings. The number of rotatable bonds is 5. The average Bonchev–Trinajstić information content (AvgIpc) is 2.67. The molecule has 0 aliphatic carbocycles. The molecule has 1 aromatic heterocycles. The Bertz CT molecular complexity index is 1120. The third-order valence-corrected chi connectivity index (χ3v) is 5.27. The highest BCUT2D eigenvalue weighted by atomic mass is 79.9. The molecule has 1 amide bonds. The maximum Gasteiger partial charge on any atom is 0.262 e. The summed E-state index contributed by atoms with van der Waals surface area (Å²) in [5.41, 5.74) is 1.50. The summed E-state index contributed by atoms with van der Waals surface area (Å²) in [6.45, 7) is 2.33. The van der Waals surface area contributed by atoms with Crippen molar-refractivity contribution >= 4 is 50.2 Å². The number of nitrogens with one attached hydrogen (secondary N) is 1. The van der Waals surface area contributed by atoms with Gasteiger partial charge in [-0.05, 0) is 43.3 Å². The molecule has 3 rings (SSSR count). The van der Waals surface area contributed by atoms with E-state index >= 15 is 0 Å². The number of halogens is 1. The molecule has 1 N–H and O–H groups in total. The second-order valence-corrected chi connectivity index (χ2v) is 7.49. The fourth-order valence-corrected chi connectivity index (χ4v) is 3.78. The van der Waals surface area contributed by atoms with Crippen LogP contribution in [0.25, 0.3) is 10.9 Å². The predicted octanol–water partition coefficient (Wildman–Crippen LogP) is 3.78. The standard InChI is InChI=1S/C19H15BrN4O2S/c1-2-24-18(26)15-9-13(20)6-7-16(15)23-19(24)27-11-17(25)22-14-5-3-4-12(8-14)10-21/h3-9H,2,11H2,1H3,(H,22,25). The lowest BCUT2D eigenvalue weighted by molar-refractivity contribution is -0.113. The molecule has 8 heteroatoms. The van der Waals surface area contributed by atoms with Crippen molar-refractivity contribution in [2.45, 2.75) is 18.6 Å². The van der Waals surface area contributed by atoms with Gasteiger partial charge in [-0.15, -0.1) is 0 Å². The monoisotopic (exact) mass is 442 g/mol. The van der Waals surface area contributed by atoms with E-state index in [2.05, 4.69) is 26.2 Å². The van der Waals surface area contributed by atoms with Crippen molar-refractivity contribution in [3.8, 4) is 6.07 Å². The smallest absolute Gasteiger partial charge is 0.262 e. The number of carbonyl (C=O) groups excluding carboxylic acids is 1. The maximum atomic E-state index is 12.7. The summed E-state index contributed by atoms with van der Waals surface area (Å²) in [6, 6.07) is 14.1. The highest BCUT2D eigenvalue weighted by Crippen LogP contribution is 2.21. The van der Waals surface area contributed by atoms with E-state index < -0.39 is 0 Å². The normalized spacial score (nSPS) is 10.6. The van der Waals surface area contributed by atoms with Crippen LogP contribution in [0, 0.1) is 11.3 Å². The molecule has 0 aliphatic heterocycles. The summed E-state index contributed by atoms with van der Waals surface area (Å²) in [6.07, 6.45) is 0. The second-order valence-electron chi connectivity index (χ2n) is 5.63. The van der Waals surface area contributed by atoms with Crippen LogP contribution in [-0.4, -0.2) is 21.2 Å². The topological polar surface area (TPSA) is 87.8 Å². The lowest BCUT2D eigenvalue weighted by atomic mass is 10.2. The molecule has 0 atom stereocenters. The number of nitriles is 1. The van der Waals surface area contributed by atoms with Gasteiger partial charge in [0, 0.05) is 16.7 Å².